The van der Waals surface area contributed by atoms with E-state index in [1.165, 1.54) is 0 Å². The van der Waals surface area contributed by atoms with E-state index >= 15 is 0 Å². The highest BCUT2D eigenvalue weighted by molar-refractivity contribution is 6.34. The van der Waals surface area contributed by atoms with Crippen molar-refractivity contribution in [3.63, 3.8) is 0 Å². The van der Waals surface area contributed by atoms with Crippen molar-refractivity contribution in [1.82, 2.24) is 19.5 Å². The molecule has 0 bridgehead atoms. The van der Waals surface area contributed by atoms with Crippen molar-refractivity contribution in [2.75, 3.05) is 5.73 Å². The summed E-state index contributed by atoms with van der Waals surface area (Å²) in [7, 11) is 6.11. The molecule has 0 saturated heterocycles. The van der Waals surface area contributed by atoms with Crippen LogP contribution in [0.15, 0.2) is 12.4 Å². The van der Waals surface area contributed by atoms with Gasteiger partial charge in [-0.2, -0.15) is 4.98 Å². The number of hydrogen-bond acceptors (Lipinski definition) is 4. The van der Waals surface area contributed by atoms with Crippen LogP contribution in [0.3, 0.4) is 0 Å². The Morgan fingerprint density at radius 1 is 1.30 bits per heavy atom. The largest absolute Gasteiger partial charge is 0.368 e. The van der Waals surface area contributed by atoms with Crippen LogP contribution >= 0.6 is 11.6 Å². The van der Waals surface area contributed by atoms with Crippen molar-refractivity contribution >= 4 is 41.9 Å². The summed E-state index contributed by atoms with van der Waals surface area (Å²) in [6.07, 6.45) is 4.65. The first kappa shape index (κ1) is 15.8. The van der Waals surface area contributed by atoms with E-state index in [1.54, 1.807) is 6.20 Å². The number of pyridine rings is 1. The van der Waals surface area contributed by atoms with E-state index in [-0.39, 0.29) is 5.95 Å². The normalized spacial score (nSPS) is 11.3. The molecular formula is C16H17BClN5. The Hall–Kier alpha value is -2.08. The van der Waals surface area contributed by atoms with Crippen LogP contribution in [-0.4, -0.2) is 27.4 Å². The molecule has 3 aromatic heterocycles. The fraction of sp³-hybridized carbons (Fsp3) is 0.312. The van der Waals surface area contributed by atoms with Gasteiger partial charge in [0.05, 0.1) is 17.6 Å². The number of nitrogen functional groups attached to an aromatic ring is 1. The molecule has 23 heavy (non-hydrogen) atoms. The van der Waals surface area contributed by atoms with Gasteiger partial charge in [-0.25, -0.2) is 4.98 Å². The average molecular weight is 326 g/mol. The van der Waals surface area contributed by atoms with Crippen LogP contribution in [0.1, 0.15) is 29.3 Å². The summed E-state index contributed by atoms with van der Waals surface area (Å²) in [5, 5.41) is 1.23. The monoisotopic (exact) mass is 325 g/mol. The van der Waals surface area contributed by atoms with Crippen molar-refractivity contribution in [3.8, 4) is 0 Å². The Labute approximate surface area is 141 Å². The highest BCUT2D eigenvalue weighted by Gasteiger charge is 2.16. The average Bonchev–Trinajstić information content (AvgIpc) is 2.86. The number of fused-ring (bicyclic) bond motifs is 1. The molecule has 0 unspecified atom stereocenters. The molecule has 0 aliphatic rings. The minimum absolute atomic E-state index is 0.164. The predicted molar refractivity (Wildman–Crippen MR) is 94.5 cm³/mol. The van der Waals surface area contributed by atoms with Crippen LogP contribution in [0.4, 0.5) is 5.95 Å². The number of rotatable bonds is 3. The third kappa shape index (κ3) is 2.67. The van der Waals surface area contributed by atoms with E-state index in [2.05, 4.69) is 21.9 Å². The third-order valence-electron chi connectivity index (χ3n) is 4.14. The zero-order valence-electron chi connectivity index (χ0n) is 13.4. The topological polar surface area (TPSA) is 69.6 Å². The van der Waals surface area contributed by atoms with E-state index in [0.29, 0.717) is 11.7 Å². The summed E-state index contributed by atoms with van der Waals surface area (Å²) < 4.78 is 2.00. The molecule has 0 aliphatic carbocycles. The lowest BCUT2D eigenvalue weighted by Crippen LogP contribution is -2.17. The quantitative estimate of drug-likeness (QED) is 0.591. The second-order valence-corrected chi connectivity index (χ2v) is 5.99. The van der Waals surface area contributed by atoms with Crippen LogP contribution in [0.2, 0.25) is 5.15 Å². The van der Waals surface area contributed by atoms with Crippen LogP contribution in [0, 0.1) is 13.8 Å². The molecule has 3 aromatic rings. The lowest BCUT2D eigenvalue weighted by atomic mass is 9.87. The summed E-state index contributed by atoms with van der Waals surface area (Å²) in [5.74, 6) is 0.164. The molecule has 0 amide bonds. The first-order chi connectivity index (χ1) is 10.9. The molecule has 3 rings (SSSR count). The first-order valence-electron chi connectivity index (χ1n) is 7.43. The minimum Gasteiger partial charge on any atom is -0.368 e. The van der Waals surface area contributed by atoms with Gasteiger partial charge in [-0.15, -0.1) is 0 Å². The van der Waals surface area contributed by atoms with Crippen molar-refractivity contribution < 1.29 is 0 Å². The molecule has 3 heterocycles. The van der Waals surface area contributed by atoms with Crippen LogP contribution in [-0.2, 0) is 13.0 Å². The summed E-state index contributed by atoms with van der Waals surface area (Å²) in [5.41, 5.74) is 11.2. The molecule has 0 spiro atoms. The maximum absolute atomic E-state index is 6.26. The number of aromatic nitrogens is 4. The molecule has 2 N–H and O–H groups in total. The maximum atomic E-state index is 6.26. The molecule has 2 radical (unpaired) electrons. The Balaban J connectivity index is 2.16. The van der Waals surface area contributed by atoms with Gasteiger partial charge in [-0.1, -0.05) is 24.0 Å². The number of nitrogens with zero attached hydrogens (tertiary/aromatic N) is 4. The third-order valence-corrected chi connectivity index (χ3v) is 4.42. The lowest BCUT2D eigenvalue weighted by Gasteiger charge is -2.12. The standard InChI is InChI=1S/C16H17BClN5/c1-4-10-6-23(15-12(10)14(18)21-16(19)22-15)7-11-9(3)13(17)8(2)5-20-11/h5-6H,4,7H2,1-3H3,(H2,19,21,22). The van der Waals surface area contributed by atoms with Gasteiger partial charge < -0.3 is 10.3 Å². The van der Waals surface area contributed by atoms with Gasteiger partial charge in [0.1, 0.15) is 18.6 Å². The second kappa shape index (κ2) is 5.85. The minimum atomic E-state index is 0.164. The van der Waals surface area contributed by atoms with Gasteiger partial charge in [0, 0.05) is 12.4 Å². The second-order valence-electron chi connectivity index (χ2n) is 5.63. The van der Waals surface area contributed by atoms with Crippen LogP contribution < -0.4 is 11.2 Å². The molecule has 116 valence electrons. The van der Waals surface area contributed by atoms with E-state index in [9.17, 15) is 0 Å². The van der Waals surface area contributed by atoms with Gasteiger partial charge in [-0.05, 0) is 37.0 Å². The van der Waals surface area contributed by atoms with Gasteiger partial charge in [-0.3, -0.25) is 4.98 Å². The Morgan fingerprint density at radius 3 is 2.74 bits per heavy atom. The SMILES string of the molecule is [B]c1c(C)cnc(Cn2cc(CC)c3c(Cl)nc(N)nc32)c1C. The van der Waals surface area contributed by atoms with Gasteiger partial charge in [0.15, 0.2) is 0 Å². The predicted octanol–water partition coefficient (Wildman–Crippen LogP) is 2.08. The molecule has 0 atom stereocenters. The summed E-state index contributed by atoms with van der Waals surface area (Å²) >= 11 is 6.26. The van der Waals surface area contributed by atoms with E-state index in [0.717, 1.165) is 45.3 Å². The molecule has 0 saturated carbocycles. The lowest BCUT2D eigenvalue weighted by molar-refractivity contribution is 0.786. The fourth-order valence-electron chi connectivity index (χ4n) is 2.74. The van der Waals surface area contributed by atoms with Gasteiger partial charge in [0.25, 0.3) is 0 Å². The molecule has 0 aliphatic heterocycles. The van der Waals surface area contributed by atoms with Gasteiger partial charge in [0.2, 0.25) is 5.95 Å². The zero-order chi connectivity index (χ0) is 16.7. The summed E-state index contributed by atoms with van der Waals surface area (Å²) in [6.45, 7) is 6.55. The van der Waals surface area contributed by atoms with Crippen LogP contribution in [0.5, 0.6) is 0 Å². The molecule has 5 nitrogen and oxygen atoms in total. The van der Waals surface area contributed by atoms with Crippen molar-refractivity contribution in [2.45, 2.75) is 33.7 Å². The molecule has 0 aromatic carbocycles. The fourth-order valence-corrected chi connectivity index (χ4v) is 3.03. The number of hydrogen-bond donors (Lipinski definition) is 1. The Kier molecular flexibility index (Phi) is 4.02. The summed E-state index contributed by atoms with van der Waals surface area (Å²) in [4.78, 5) is 12.9. The van der Waals surface area contributed by atoms with Crippen molar-refractivity contribution in [1.29, 1.82) is 0 Å². The number of halogens is 1. The van der Waals surface area contributed by atoms with Crippen LogP contribution in [0.25, 0.3) is 11.0 Å². The molecular weight excluding hydrogens is 308 g/mol. The Morgan fingerprint density at radius 2 is 2.04 bits per heavy atom. The number of nitrogens with two attached hydrogens (primary N) is 1. The van der Waals surface area contributed by atoms with Gasteiger partial charge >= 0.3 is 0 Å². The number of anilines is 1. The van der Waals surface area contributed by atoms with E-state index < -0.39 is 0 Å². The number of aryl methyl sites for hydroxylation is 2. The highest BCUT2D eigenvalue weighted by Crippen LogP contribution is 2.28. The smallest absolute Gasteiger partial charge is 0.223 e. The summed E-state index contributed by atoms with van der Waals surface area (Å²) in [6, 6.07) is 0. The first-order valence-corrected chi connectivity index (χ1v) is 7.81. The zero-order valence-corrected chi connectivity index (χ0v) is 14.1. The molecule has 7 heteroatoms. The highest BCUT2D eigenvalue weighted by atomic mass is 35.5. The van der Waals surface area contributed by atoms with E-state index in [1.807, 2.05) is 24.6 Å². The maximum Gasteiger partial charge on any atom is 0.223 e. The van der Waals surface area contributed by atoms with E-state index in [4.69, 9.17) is 25.2 Å². The van der Waals surface area contributed by atoms with Crippen molar-refractivity contribution in [3.05, 3.63) is 39.9 Å². The molecule has 0 fully saturated rings. The Bertz CT molecular complexity index is 903. The van der Waals surface area contributed by atoms with Crippen molar-refractivity contribution in [2.24, 2.45) is 0 Å².